The Hall–Kier alpha value is -3.39. The smallest absolute Gasteiger partial charge is 0.293 e. The molecule has 2 aromatic heterocycles. The van der Waals surface area contributed by atoms with Crippen LogP contribution in [0, 0.1) is 6.92 Å². The van der Waals surface area contributed by atoms with Crippen molar-refractivity contribution in [1.82, 2.24) is 9.36 Å². The number of aromatic nitrogens is 2. The summed E-state index contributed by atoms with van der Waals surface area (Å²) >= 11 is 1.10. The Morgan fingerprint density at radius 2 is 1.89 bits per heavy atom. The zero-order valence-electron chi connectivity index (χ0n) is 15.5. The van der Waals surface area contributed by atoms with Gasteiger partial charge in [0.05, 0.1) is 14.2 Å². The minimum Gasteiger partial charge on any atom is -0.493 e. The lowest BCUT2D eigenvalue weighted by atomic mass is 10.1. The monoisotopic (exact) mass is 395 g/mol. The standard InChI is InChI=1S/C20H17N3O4S/c1-11-13-6-4-5-7-14(13)27-17(11)19(24)22-20-21-18(23-28-20)12-8-9-15(25-2)16(10-12)26-3/h4-10H,1-3H3,(H,21,22,23,24). The zero-order chi connectivity index (χ0) is 19.7. The Balaban J connectivity index is 1.58. The van der Waals surface area contributed by atoms with Gasteiger partial charge in [-0.15, -0.1) is 0 Å². The molecule has 0 unspecified atom stereocenters. The Morgan fingerprint density at radius 1 is 1.11 bits per heavy atom. The van der Waals surface area contributed by atoms with Gasteiger partial charge >= 0.3 is 0 Å². The second-order valence-electron chi connectivity index (χ2n) is 6.00. The maximum atomic E-state index is 12.6. The Labute approximate surface area is 165 Å². The highest BCUT2D eigenvalue weighted by atomic mass is 32.1. The van der Waals surface area contributed by atoms with Crippen LogP contribution in [0.3, 0.4) is 0 Å². The van der Waals surface area contributed by atoms with Crippen molar-refractivity contribution in [2.24, 2.45) is 0 Å². The van der Waals surface area contributed by atoms with Crippen molar-refractivity contribution in [1.29, 1.82) is 0 Å². The number of hydrogen-bond acceptors (Lipinski definition) is 7. The summed E-state index contributed by atoms with van der Waals surface area (Å²) < 4.78 is 20.6. The molecular formula is C20H17N3O4S. The number of carbonyl (C=O) groups excluding carboxylic acids is 1. The molecule has 2 heterocycles. The second kappa shape index (κ2) is 7.32. The zero-order valence-corrected chi connectivity index (χ0v) is 16.3. The normalized spacial score (nSPS) is 10.8. The number of fused-ring (bicyclic) bond motifs is 1. The van der Waals surface area contributed by atoms with Crippen LogP contribution in [0.1, 0.15) is 16.1 Å². The van der Waals surface area contributed by atoms with Crippen molar-refractivity contribution >= 4 is 33.5 Å². The molecule has 4 aromatic rings. The molecule has 0 fully saturated rings. The molecule has 0 bridgehead atoms. The number of benzene rings is 2. The lowest BCUT2D eigenvalue weighted by molar-refractivity contribution is 0.0998. The number of nitrogens with zero attached hydrogens (tertiary/aromatic N) is 2. The quantitative estimate of drug-likeness (QED) is 0.534. The van der Waals surface area contributed by atoms with Gasteiger partial charge in [0, 0.05) is 28.0 Å². The fourth-order valence-electron chi connectivity index (χ4n) is 2.91. The number of carbonyl (C=O) groups is 1. The average molecular weight is 395 g/mol. The highest BCUT2D eigenvalue weighted by Crippen LogP contribution is 2.32. The third-order valence-electron chi connectivity index (χ3n) is 4.34. The number of anilines is 1. The molecule has 142 valence electrons. The largest absolute Gasteiger partial charge is 0.493 e. The lowest BCUT2D eigenvalue weighted by Crippen LogP contribution is -2.11. The second-order valence-corrected chi connectivity index (χ2v) is 6.75. The van der Waals surface area contributed by atoms with E-state index < -0.39 is 0 Å². The van der Waals surface area contributed by atoms with Crippen molar-refractivity contribution in [2.75, 3.05) is 19.5 Å². The SMILES string of the molecule is COc1ccc(-c2nsc(NC(=O)c3oc4ccccc4c3C)n2)cc1OC. The Kier molecular flexibility index (Phi) is 4.70. The van der Waals surface area contributed by atoms with E-state index >= 15 is 0 Å². The molecule has 2 aromatic carbocycles. The van der Waals surface area contributed by atoms with Crippen molar-refractivity contribution in [3.63, 3.8) is 0 Å². The molecule has 0 atom stereocenters. The van der Waals surface area contributed by atoms with Crippen LogP contribution >= 0.6 is 11.5 Å². The van der Waals surface area contributed by atoms with E-state index in [-0.39, 0.29) is 11.7 Å². The molecule has 4 rings (SSSR count). The van der Waals surface area contributed by atoms with Gasteiger partial charge < -0.3 is 13.9 Å². The maximum absolute atomic E-state index is 12.6. The molecule has 0 saturated carbocycles. The number of amides is 1. The summed E-state index contributed by atoms with van der Waals surface area (Å²) in [5, 5.41) is 4.05. The fraction of sp³-hybridized carbons (Fsp3) is 0.150. The Bertz CT molecular complexity index is 1170. The van der Waals surface area contributed by atoms with Gasteiger partial charge in [0.1, 0.15) is 5.58 Å². The predicted octanol–water partition coefficient (Wildman–Crippen LogP) is 4.53. The maximum Gasteiger partial charge on any atom is 0.293 e. The van der Waals surface area contributed by atoms with Gasteiger partial charge in [-0.05, 0) is 31.2 Å². The molecule has 0 aliphatic heterocycles. The number of furan rings is 1. The van der Waals surface area contributed by atoms with E-state index in [1.807, 2.05) is 37.3 Å². The molecule has 1 amide bonds. The first-order chi connectivity index (χ1) is 13.6. The number of para-hydroxylation sites is 1. The van der Waals surface area contributed by atoms with E-state index in [1.165, 1.54) is 0 Å². The number of rotatable bonds is 5. The van der Waals surface area contributed by atoms with E-state index in [0.29, 0.717) is 28.0 Å². The van der Waals surface area contributed by atoms with Gasteiger partial charge in [-0.2, -0.15) is 9.36 Å². The van der Waals surface area contributed by atoms with Crippen LogP contribution in [0.25, 0.3) is 22.4 Å². The fourth-order valence-corrected chi connectivity index (χ4v) is 3.50. The van der Waals surface area contributed by atoms with E-state index in [9.17, 15) is 4.79 Å². The summed E-state index contributed by atoms with van der Waals surface area (Å²) in [5.41, 5.74) is 2.22. The number of methoxy groups -OCH3 is 2. The van der Waals surface area contributed by atoms with Crippen LogP contribution in [0.15, 0.2) is 46.9 Å². The molecular weight excluding hydrogens is 378 g/mol. The number of hydrogen-bond donors (Lipinski definition) is 1. The minimum absolute atomic E-state index is 0.268. The predicted molar refractivity (Wildman–Crippen MR) is 107 cm³/mol. The van der Waals surface area contributed by atoms with Crippen molar-refractivity contribution < 1.29 is 18.7 Å². The Morgan fingerprint density at radius 3 is 2.64 bits per heavy atom. The van der Waals surface area contributed by atoms with Crippen LogP contribution in [-0.2, 0) is 0 Å². The van der Waals surface area contributed by atoms with E-state index in [4.69, 9.17) is 13.9 Å². The topological polar surface area (TPSA) is 86.5 Å². The van der Waals surface area contributed by atoms with Crippen LogP contribution in [-0.4, -0.2) is 29.5 Å². The van der Waals surface area contributed by atoms with E-state index in [2.05, 4.69) is 14.7 Å². The van der Waals surface area contributed by atoms with Crippen LogP contribution < -0.4 is 14.8 Å². The summed E-state index contributed by atoms with van der Waals surface area (Å²) in [6.07, 6.45) is 0. The summed E-state index contributed by atoms with van der Waals surface area (Å²) in [6.45, 7) is 1.86. The number of ether oxygens (including phenoxy) is 2. The third-order valence-corrected chi connectivity index (χ3v) is 4.97. The summed E-state index contributed by atoms with van der Waals surface area (Å²) in [4.78, 5) is 17.0. The first-order valence-corrected chi connectivity index (χ1v) is 9.23. The molecule has 0 saturated heterocycles. The first-order valence-electron chi connectivity index (χ1n) is 8.46. The van der Waals surface area contributed by atoms with Gasteiger partial charge in [-0.1, -0.05) is 18.2 Å². The first kappa shape index (κ1) is 18.0. The van der Waals surface area contributed by atoms with Crippen LogP contribution in [0.4, 0.5) is 5.13 Å². The van der Waals surface area contributed by atoms with Crippen LogP contribution in [0.5, 0.6) is 11.5 Å². The molecule has 0 radical (unpaired) electrons. The summed E-state index contributed by atoms with van der Waals surface area (Å²) in [5.74, 6) is 1.60. The van der Waals surface area contributed by atoms with Gasteiger partial charge in [-0.25, -0.2) is 0 Å². The minimum atomic E-state index is -0.358. The molecule has 28 heavy (non-hydrogen) atoms. The van der Waals surface area contributed by atoms with Crippen molar-refractivity contribution in [2.45, 2.75) is 6.92 Å². The van der Waals surface area contributed by atoms with Crippen LogP contribution in [0.2, 0.25) is 0 Å². The molecule has 1 N–H and O–H groups in total. The summed E-state index contributed by atoms with van der Waals surface area (Å²) in [6, 6.07) is 12.9. The van der Waals surface area contributed by atoms with Gasteiger partial charge in [0.2, 0.25) is 5.13 Å². The molecule has 0 aliphatic rings. The van der Waals surface area contributed by atoms with Gasteiger partial charge in [0.15, 0.2) is 23.1 Å². The highest BCUT2D eigenvalue weighted by Gasteiger charge is 2.19. The van der Waals surface area contributed by atoms with Gasteiger partial charge in [0.25, 0.3) is 5.91 Å². The number of aryl methyl sites for hydroxylation is 1. The van der Waals surface area contributed by atoms with E-state index in [0.717, 1.165) is 28.0 Å². The van der Waals surface area contributed by atoms with Crippen molar-refractivity contribution in [3.05, 3.63) is 53.8 Å². The summed E-state index contributed by atoms with van der Waals surface area (Å²) in [7, 11) is 3.14. The molecule has 0 spiro atoms. The highest BCUT2D eigenvalue weighted by molar-refractivity contribution is 7.10. The number of nitrogens with one attached hydrogen (secondary N) is 1. The molecule has 0 aliphatic carbocycles. The average Bonchev–Trinajstić information content (AvgIpc) is 3.32. The molecule has 7 nitrogen and oxygen atoms in total. The third kappa shape index (κ3) is 3.18. The molecule has 8 heteroatoms. The lowest BCUT2D eigenvalue weighted by Gasteiger charge is -2.07. The van der Waals surface area contributed by atoms with Gasteiger partial charge in [-0.3, -0.25) is 10.1 Å². The van der Waals surface area contributed by atoms with Crippen molar-refractivity contribution in [3.8, 4) is 22.9 Å². The van der Waals surface area contributed by atoms with E-state index in [1.54, 1.807) is 26.4 Å².